The zero-order chi connectivity index (χ0) is 19.6. The largest absolute Gasteiger partial charge is 0.493 e. The van der Waals surface area contributed by atoms with E-state index in [2.05, 4.69) is 5.32 Å². The van der Waals surface area contributed by atoms with Crippen molar-refractivity contribution >= 4 is 15.9 Å². The molecular formula is C19H25N3O4S. The lowest BCUT2D eigenvalue weighted by molar-refractivity contribution is 0.0916. The third kappa shape index (κ3) is 3.72. The van der Waals surface area contributed by atoms with Crippen LogP contribution in [0.5, 0.6) is 5.75 Å². The van der Waals surface area contributed by atoms with Crippen molar-refractivity contribution in [3.05, 3.63) is 47.8 Å². The predicted molar refractivity (Wildman–Crippen MR) is 102 cm³/mol. The van der Waals surface area contributed by atoms with Crippen molar-refractivity contribution in [2.45, 2.75) is 31.2 Å². The molecule has 1 aromatic heterocycles. The van der Waals surface area contributed by atoms with E-state index in [1.54, 1.807) is 25.5 Å². The molecule has 0 bridgehead atoms. The summed E-state index contributed by atoms with van der Waals surface area (Å²) in [6, 6.07) is 8.88. The van der Waals surface area contributed by atoms with Crippen molar-refractivity contribution in [3.63, 3.8) is 0 Å². The maximum absolute atomic E-state index is 12.8. The van der Waals surface area contributed by atoms with Gasteiger partial charge in [-0.05, 0) is 12.1 Å². The molecule has 0 saturated heterocycles. The molecule has 3 rings (SSSR count). The van der Waals surface area contributed by atoms with Crippen LogP contribution in [0.1, 0.15) is 42.4 Å². The van der Waals surface area contributed by atoms with E-state index in [0.29, 0.717) is 31.8 Å². The number of ether oxygens (including phenoxy) is 1. The molecule has 2 aromatic rings. The molecule has 0 spiro atoms. The Balaban J connectivity index is 1.84. The first-order valence-corrected chi connectivity index (χ1v) is 10.5. The summed E-state index contributed by atoms with van der Waals surface area (Å²) in [6.07, 6.45) is 2.15. The van der Waals surface area contributed by atoms with E-state index >= 15 is 0 Å². The second kappa shape index (κ2) is 7.74. The highest BCUT2D eigenvalue weighted by Crippen LogP contribution is 2.31. The third-order valence-electron chi connectivity index (χ3n) is 4.82. The first kappa shape index (κ1) is 19.4. The van der Waals surface area contributed by atoms with Gasteiger partial charge in [-0.3, -0.25) is 4.79 Å². The van der Waals surface area contributed by atoms with Crippen LogP contribution in [0.4, 0.5) is 0 Å². The lowest BCUT2D eigenvalue weighted by Crippen LogP contribution is -2.33. The van der Waals surface area contributed by atoms with Crippen LogP contribution in [0.15, 0.2) is 41.4 Å². The van der Waals surface area contributed by atoms with Crippen LogP contribution in [-0.4, -0.2) is 42.9 Å². The van der Waals surface area contributed by atoms with E-state index in [-0.39, 0.29) is 16.8 Å². The van der Waals surface area contributed by atoms with Crippen LogP contribution in [0.3, 0.4) is 0 Å². The number of carbonyl (C=O) groups excluding carboxylic acids is 1. The fraction of sp³-hybridized carbons (Fsp3) is 0.421. The topological polar surface area (TPSA) is 80.6 Å². The minimum absolute atomic E-state index is 0.131. The lowest BCUT2D eigenvalue weighted by Gasteiger charge is -2.26. The summed E-state index contributed by atoms with van der Waals surface area (Å²) >= 11 is 0. The highest BCUT2D eigenvalue weighted by Gasteiger charge is 2.27. The van der Waals surface area contributed by atoms with Crippen LogP contribution in [-0.2, 0) is 17.1 Å². The predicted octanol–water partition coefficient (Wildman–Crippen LogP) is 2.31. The summed E-state index contributed by atoms with van der Waals surface area (Å²) in [5.41, 5.74) is 1.24. The molecule has 146 valence electrons. The van der Waals surface area contributed by atoms with Gasteiger partial charge in [0, 0.05) is 38.3 Å². The second-order valence-electron chi connectivity index (χ2n) is 6.46. The summed E-state index contributed by atoms with van der Waals surface area (Å²) in [4.78, 5) is 12.9. The molecule has 0 unspecified atom stereocenters. The van der Waals surface area contributed by atoms with E-state index in [0.717, 1.165) is 11.3 Å². The van der Waals surface area contributed by atoms with Crippen molar-refractivity contribution < 1.29 is 17.9 Å². The molecule has 7 nitrogen and oxygen atoms in total. The first-order valence-electron chi connectivity index (χ1n) is 9.07. The highest BCUT2D eigenvalue weighted by molar-refractivity contribution is 7.89. The van der Waals surface area contributed by atoms with Gasteiger partial charge >= 0.3 is 0 Å². The van der Waals surface area contributed by atoms with E-state index in [4.69, 9.17) is 4.74 Å². The van der Waals surface area contributed by atoms with Crippen LogP contribution in [0.25, 0.3) is 0 Å². The number of rotatable bonds is 6. The summed E-state index contributed by atoms with van der Waals surface area (Å²) in [5.74, 6) is 0.464. The van der Waals surface area contributed by atoms with E-state index in [1.807, 2.05) is 24.3 Å². The summed E-state index contributed by atoms with van der Waals surface area (Å²) in [5, 5.41) is 3.01. The number of hydrogen-bond donors (Lipinski definition) is 1. The molecule has 0 fully saturated rings. The maximum Gasteiger partial charge on any atom is 0.268 e. The lowest BCUT2D eigenvalue weighted by atomic mass is 10.0. The first-order chi connectivity index (χ1) is 12.9. The third-order valence-corrected chi connectivity index (χ3v) is 6.83. The van der Waals surface area contributed by atoms with Gasteiger partial charge in [0.1, 0.15) is 16.3 Å². The van der Waals surface area contributed by atoms with Crippen LogP contribution in [0, 0.1) is 0 Å². The number of sulfonamides is 1. The number of aromatic nitrogens is 1. The molecule has 1 N–H and O–H groups in total. The SMILES string of the molecule is CCN(CC)S(=O)(=O)c1cc(C(=O)N[C@@H]2CCOc3ccccc32)n(C)c1. The molecule has 1 aliphatic rings. The number of nitrogens with one attached hydrogen (secondary N) is 1. The molecule has 1 amide bonds. The average molecular weight is 391 g/mol. The quantitative estimate of drug-likeness (QED) is 0.819. The molecule has 27 heavy (non-hydrogen) atoms. The van der Waals surface area contributed by atoms with Gasteiger partial charge in [-0.15, -0.1) is 0 Å². The van der Waals surface area contributed by atoms with E-state index in [1.165, 1.54) is 16.6 Å². The second-order valence-corrected chi connectivity index (χ2v) is 8.40. The number of carbonyl (C=O) groups is 1. The van der Waals surface area contributed by atoms with Gasteiger partial charge in [-0.2, -0.15) is 4.31 Å². The average Bonchev–Trinajstić information content (AvgIpc) is 3.05. The highest BCUT2D eigenvalue weighted by atomic mass is 32.2. The fourth-order valence-electron chi connectivity index (χ4n) is 3.34. The van der Waals surface area contributed by atoms with Gasteiger partial charge < -0.3 is 14.6 Å². The van der Waals surface area contributed by atoms with Crippen LogP contribution in [0.2, 0.25) is 0 Å². The molecule has 2 heterocycles. The Bertz CT molecular complexity index is 932. The van der Waals surface area contributed by atoms with Gasteiger partial charge in [-0.25, -0.2) is 8.42 Å². The number of para-hydroxylation sites is 1. The number of benzene rings is 1. The Kier molecular flexibility index (Phi) is 5.57. The molecule has 1 aliphatic heterocycles. The Morgan fingerprint density at radius 3 is 2.70 bits per heavy atom. The molecular weight excluding hydrogens is 366 g/mol. The van der Waals surface area contributed by atoms with Crippen LogP contribution < -0.4 is 10.1 Å². The van der Waals surface area contributed by atoms with Gasteiger partial charge in [0.15, 0.2) is 0 Å². The minimum atomic E-state index is -3.61. The minimum Gasteiger partial charge on any atom is -0.493 e. The fourth-order valence-corrected chi connectivity index (χ4v) is 4.87. The molecule has 1 aromatic carbocycles. The number of nitrogens with zero attached hydrogens (tertiary/aromatic N) is 2. The molecule has 1 atom stereocenters. The molecule has 0 saturated carbocycles. The Morgan fingerprint density at radius 1 is 1.30 bits per heavy atom. The number of fused-ring (bicyclic) bond motifs is 1. The molecule has 8 heteroatoms. The van der Waals surface area contributed by atoms with Crippen molar-refractivity contribution in [1.29, 1.82) is 0 Å². The maximum atomic E-state index is 12.8. The normalized spacial score (nSPS) is 16.7. The number of hydrogen-bond acceptors (Lipinski definition) is 4. The van der Waals surface area contributed by atoms with Crippen molar-refractivity contribution in [2.75, 3.05) is 19.7 Å². The molecule has 0 aliphatic carbocycles. The Hall–Kier alpha value is -2.32. The monoisotopic (exact) mass is 391 g/mol. The van der Waals surface area contributed by atoms with Gasteiger partial charge in [0.25, 0.3) is 5.91 Å². The van der Waals surface area contributed by atoms with Gasteiger partial charge in [0.2, 0.25) is 10.0 Å². The summed E-state index contributed by atoms with van der Waals surface area (Å²) in [7, 11) is -1.93. The number of aryl methyl sites for hydroxylation is 1. The smallest absolute Gasteiger partial charge is 0.268 e. The zero-order valence-electron chi connectivity index (χ0n) is 15.8. The van der Waals surface area contributed by atoms with Crippen molar-refractivity contribution in [2.24, 2.45) is 7.05 Å². The van der Waals surface area contributed by atoms with Crippen molar-refractivity contribution in [1.82, 2.24) is 14.2 Å². The van der Waals surface area contributed by atoms with E-state index < -0.39 is 10.0 Å². The summed E-state index contributed by atoms with van der Waals surface area (Å²) in [6.45, 7) is 4.87. The molecule has 0 radical (unpaired) electrons. The Labute approximate surface area is 160 Å². The van der Waals surface area contributed by atoms with Crippen molar-refractivity contribution in [3.8, 4) is 5.75 Å². The summed E-state index contributed by atoms with van der Waals surface area (Å²) < 4.78 is 34.0. The number of amides is 1. The van der Waals surface area contributed by atoms with Gasteiger partial charge in [0.05, 0.1) is 12.6 Å². The Morgan fingerprint density at radius 2 is 2.00 bits per heavy atom. The van der Waals surface area contributed by atoms with Crippen LogP contribution >= 0.6 is 0 Å². The van der Waals surface area contributed by atoms with Gasteiger partial charge in [-0.1, -0.05) is 32.0 Å². The zero-order valence-corrected chi connectivity index (χ0v) is 16.6. The standard InChI is InChI=1S/C19H25N3O4S/c1-4-22(5-2)27(24,25)14-12-17(21(3)13-14)19(23)20-16-10-11-26-18-9-7-6-8-15(16)18/h6-9,12-13,16H,4-5,10-11H2,1-3H3,(H,20,23)/t16-/m1/s1. The van der Waals surface area contributed by atoms with E-state index in [9.17, 15) is 13.2 Å².